The first-order valence-corrected chi connectivity index (χ1v) is 5.97. The monoisotopic (exact) mass is 286 g/mol. The van der Waals surface area contributed by atoms with Gasteiger partial charge in [0, 0.05) is 11.5 Å². The zero-order valence-electron chi connectivity index (χ0n) is 10.9. The number of halogens is 3. The van der Waals surface area contributed by atoms with Crippen LogP contribution < -0.4 is 0 Å². The van der Waals surface area contributed by atoms with Gasteiger partial charge >= 0.3 is 12.1 Å². The number of carbonyl (C=O) groups is 1. The molecule has 0 saturated carbocycles. The van der Waals surface area contributed by atoms with Crippen LogP contribution in [0.2, 0.25) is 0 Å². The van der Waals surface area contributed by atoms with E-state index in [1.54, 1.807) is 0 Å². The van der Waals surface area contributed by atoms with Crippen molar-refractivity contribution in [3.8, 4) is 0 Å². The van der Waals surface area contributed by atoms with E-state index in [4.69, 9.17) is 0 Å². The molecule has 1 aliphatic rings. The van der Waals surface area contributed by atoms with Crippen LogP contribution in [-0.2, 0) is 10.3 Å². The lowest BCUT2D eigenvalue weighted by Gasteiger charge is -2.33. The Morgan fingerprint density at radius 3 is 2.55 bits per heavy atom. The normalized spacial score (nSPS) is 25.8. The van der Waals surface area contributed by atoms with Crippen LogP contribution in [0.4, 0.5) is 13.2 Å². The summed E-state index contributed by atoms with van der Waals surface area (Å²) in [6, 6.07) is 5.47. The molecule has 0 aliphatic carbocycles. The minimum absolute atomic E-state index is 0.0327. The average molecular weight is 286 g/mol. The summed E-state index contributed by atoms with van der Waals surface area (Å²) in [5.41, 5.74) is -2.84. The van der Waals surface area contributed by atoms with Gasteiger partial charge in [-0.2, -0.15) is 23.4 Å². The van der Waals surface area contributed by atoms with E-state index >= 15 is 0 Å². The Labute approximate surface area is 113 Å². The highest BCUT2D eigenvalue weighted by Gasteiger charge is 2.63. The first-order valence-electron chi connectivity index (χ1n) is 5.97. The van der Waals surface area contributed by atoms with Gasteiger partial charge in [-0.3, -0.25) is 0 Å². The molecule has 0 amide bonds. The lowest BCUT2D eigenvalue weighted by atomic mass is 9.77. The molecule has 4 nitrogen and oxygen atoms in total. The van der Waals surface area contributed by atoms with Crippen molar-refractivity contribution in [2.24, 2.45) is 16.1 Å². The molecular formula is C13H13F3N2O2. The van der Waals surface area contributed by atoms with Crippen molar-refractivity contribution >= 4 is 5.97 Å². The summed E-state index contributed by atoms with van der Waals surface area (Å²) in [6.45, 7) is 1.39. The zero-order chi connectivity index (χ0) is 15.0. The number of methoxy groups -OCH3 is 1. The maximum atomic E-state index is 13.6. The Kier molecular flexibility index (Phi) is 3.54. The number of azo groups is 1. The molecule has 0 radical (unpaired) electrons. The second-order valence-corrected chi connectivity index (χ2v) is 4.63. The van der Waals surface area contributed by atoms with Crippen LogP contribution in [0, 0.1) is 5.92 Å². The molecule has 108 valence electrons. The number of hydrogen-bond donors (Lipinski definition) is 0. The van der Waals surface area contributed by atoms with E-state index in [0.717, 1.165) is 7.11 Å². The van der Waals surface area contributed by atoms with Crippen LogP contribution in [0.15, 0.2) is 34.5 Å². The van der Waals surface area contributed by atoms with Gasteiger partial charge in [-0.15, -0.1) is 0 Å². The van der Waals surface area contributed by atoms with E-state index < -0.39 is 23.6 Å². The third-order valence-electron chi connectivity index (χ3n) is 3.47. The summed E-state index contributed by atoms with van der Waals surface area (Å²) in [6.07, 6.45) is -4.64. The van der Waals surface area contributed by atoms with Gasteiger partial charge in [0.2, 0.25) is 5.54 Å². The predicted octanol–water partition coefficient (Wildman–Crippen LogP) is 3.33. The number of benzene rings is 1. The quantitative estimate of drug-likeness (QED) is 0.783. The number of ether oxygens (including phenoxy) is 1. The van der Waals surface area contributed by atoms with Gasteiger partial charge in [0.05, 0.1) is 19.2 Å². The Balaban J connectivity index is 2.69. The van der Waals surface area contributed by atoms with Crippen molar-refractivity contribution in [3.63, 3.8) is 0 Å². The number of carbonyl (C=O) groups excluding carboxylic acids is 1. The summed E-state index contributed by atoms with van der Waals surface area (Å²) < 4.78 is 45.3. The van der Waals surface area contributed by atoms with Gasteiger partial charge in [-0.05, 0) is 6.07 Å². The number of nitrogens with zero attached hydrogens (tertiary/aromatic N) is 2. The summed E-state index contributed by atoms with van der Waals surface area (Å²) >= 11 is 0. The van der Waals surface area contributed by atoms with E-state index in [2.05, 4.69) is 15.0 Å². The second kappa shape index (κ2) is 4.88. The number of alkyl halides is 3. The molecule has 1 aromatic carbocycles. The fourth-order valence-corrected chi connectivity index (χ4v) is 2.42. The highest BCUT2D eigenvalue weighted by atomic mass is 19.4. The standard InChI is InChI=1S/C13H13F3N2O2/c1-8-7-17-18-12(8,13(14,15)16)10-6-4-3-5-9(10)11(19)20-2/h3-6,8H,7H2,1-2H3. The Morgan fingerprint density at radius 1 is 1.40 bits per heavy atom. The van der Waals surface area contributed by atoms with E-state index in [-0.39, 0.29) is 17.7 Å². The molecule has 1 aromatic rings. The fraction of sp³-hybridized carbons (Fsp3) is 0.462. The molecule has 2 atom stereocenters. The van der Waals surface area contributed by atoms with Gasteiger partial charge < -0.3 is 4.74 Å². The van der Waals surface area contributed by atoms with Crippen molar-refractivity contribution < 1.29 is 22.7 Å². The molecule has 0 fully saturated rings. The molecular weight excluding hydrogens is 273 g/mol. The Hall–Kier alpha value is -1.92. The van der Waals surface area contributed by atoms with Crippen molar-refractivity contribution in [1.29, 1.82) is 0 Å². The molecule has 0 spiro atoms. The van der Waals surface area contributed by atoms with Crippen LogP contribution in [0.1, 0.15) is 22.8 Å². The molecule has 7 heteroatoms. The smallest absolute Gasteiger partial charge is 0.419 e. The molecule has 2 rings (SSSR count). The maximum absolute atomic E-state index is 13.6. The van der Waals surface area contributed by atoms with Gasteiger partial charge in [-0.1, -0.05) is 25.1 Å². The first kappa shape index (κ1) is 14.5. The summed E-state index contributed by atoms with van der Waals surface area (Å²) in [5.74, 6) is -1.70. The summed E-state index contributed by atoms with van der Waals surface area (Å²) in [7, 11) is 1.12. The molecule has 0 aromatic heterocycles. The minimum Gasteiger partial charge on any atom is -0.465 e. The SMILES string of the molecule is COC(=O)c1ccccc1C1(C(F)(F)F)N=NCC1C. The average Bonchev–Trinajstić information content (AvgIpc) is 2.80. The second-order valence-electron chi connectivity index (χ2n) is 4.63. The predicted molar refractivity (Wildman–Crippen MR) is 64.4 cm³/mol. The van der Waals surface area contributed by atoms with E-state index in [1.807, 2.05) is 0 Å². The van der Waals surface area contributed by atoms with Gasteiger partial charge in [0.1, 0.15) is 0 Å². The highest BCUT2D eigenvalue weighted by molar-refractivity contribution is 5.91. The minimum atomic E-state index is -4.64. The van der Waals surface area contributed by atoms with E-state index in [0.29, 0.717) is 0 Å². The fourth-order valence-electron chi connectivity index (χ4n) is 2.42. The van der Waals surface area contributed by atoms with Gasteiger partial charge in [0.15, 0.2) is 0 Å². The summed E-state index contributed by atoms with van der Waals surface area (Å²) in [5, 5.41) is 7.00. The molecule has 0 N–H and O–H groups in total. The van der Waals surface area contributed by atoms with Crippen LogP contribution in [0.5, 0.6) is 0 Å². The van der Waals surface area contributed by atoms with E-state index in [9.17, 15) is 18.0 Å². The molecule has 0 saturated heterocycles. The lowest BCUT2D eigenvalue weighted by Crippen LogP contribution is -2.45. The van der Waals surface area contributed by atoms with Crippen LogP contribution in [0.25, 0.3) is 0 Å². The summed E-state index contributed by atoms with van der Waals surface area (Å²) in [4.78, 5) is 11.7. The Bertz CT molecular complexity index is 557. The topological polar surface area (TPSA) is 51.0 Å². The van der Waals surface area contributed by atoms with Gasteiger partial charge in [-0.25, -0.2) is 4.79 Å². The van der Waals surface area contributed by atoms with Crippen LogP contribution >= 0.6 is 0 Å². The van der Waals surface area contributed by atoms with Crippen molar-refractivity contribution in [1.82, 2.24) is 0 Å². The number of rotatable bonds is 2. The molecule has 20 heavy (non-hydrogen) atoms. The molecule has 0 bridgehead atoms. The van der Waals surface area contributed by atoms with Gasteiger partial charge in [0.25, 0.3) is 0 Å². The largest absolute Gasteiger partial charge is 0.465 e. The zero-order valence-corrected chi connectivity index (χ0v) is 10.9. The maximum Gasteiger partial charge on any atom is 0.419 e. The third-order valence-corrected chi connectivity index (χ3v) is 3.47. The third kappa shape index (κ3) is 1.97. The lowest BCUT2D eigenvalue weighted by molar-refractivity contribution is -0.198. The first-order chi connectivity index (χ1) is 9.34. The van der Waals surface area contributed by atoms with E-state index in [1.165, 1.54) is 31.2 Å². The van der Waals surface area contributed by atoms with Crippen molar-refractivity contribution in [2.45, 2.75) is 18.6 Å². The van der Waals surface area contributed by atoms with Crippen molar-refractivity contribution in [3.05, 3.63) is 35.4 Å². The molecule has 1 heterocycles. The van der Waals surface area contributed by atoms with Crippen LogP contribution in [-0.4, -0.2) is 25.8 Å². The van der Waals surface area contributed by atoms with Crippen LogP contribution in [0.3, 0.4) is 0 Å². The molecule has 1 aliphatic heterocycles. The molecule has 2 unspecified atom stereocenters. The Morgan fingerprint density at radius 2 is 2.05 bits per heavy atom. The van der Waals surface area contributed by atoms with Crippen molar-refractivity contribution in [2.75, 3.05) is 13.7 Å². The highest BCUT2D eigenvalue weighted by Crippen LogP contribution is 2.51. The number of hydrogen-bond acceptors (Lipinski definition) is 4. The number of esters is 1.